The molecule has 2 aliphatic carbocycles. The molecule has 3 fully saturated rings. The third kappa shape index (κ3) is 1.67. The highest BCUT2D eigenvalue weighted by atomic mass is 16.6. The first-order valence-corrected chi connectivity index (χ1v) is 7.71. The molecule has 4 heteroatoms. The Morgan fingerprint density at radius 2 is 2.38 bits per heavy atom. The molecule has 3 aliphatic rings. The van der Waals surface area contributed by atoms with Crippen LogP contribution >= 0.6 is 0 Å². The van der Waals surface area contributed by atoms with Crippen molar-refractivity contribution in [2.24, 2.45) is 11.3 Å². The molecule has 106 valence electrons. The van der Waals surface area contributed by atoms with Crippen molar-refractivity contribution in [1.29, 1.82) is 5.26 Å². The quantitative estimate of drug-likeness (QED) is 0.794. The Morgan fingerprint density at radius 3 is 3.19 bits per heavy atom. The average Bonchev–Trinajstić information content (AvgIpc) is 3.38. The molecule has 4 nitrogen and oxygen atoms in total. The van der Waals surface area contributed by atoms with Gasteiger partial charge >= 0.3 is 0 Å². The van der Waals surface area contributed by atoms with Gasteiger partial charge < -0.3 is 9.30 Å². The fourth-order valence-corrected chi connectivity index (χ4v) is 4.41. The number of imidazole rings is 1. The van der Waals surface area contributed by atoms with E-state index in [9.17, 15) is 0 Å². The fourth-order valence-electron chi connectivity index (χ4n) is 4.41. The number of epoxide rings is 1. The van der Waals surface area contributed by atoms with E-state index in [1.807, 2.05) is 24.5 Å². The van der Waals surface area contributed by atoms with Gasteiger partial charge in [-0.25, -0.2) is 4.98 Å². The predicted molar refractivity (Wildman–Crippen MR) is 77.5 cm³/mol. The third-order valence-electron chi connectivity index (χ3n) is 5.77. The van der Waals surface area contributed by atoms with E-state index in [1.165, 1.54) is 25.7 Å². The lowest BCUT2D eigenvalue weighted by atomic mass is 9.81. The van der Waals surface area contributed by atoms with Crippen LogP contribution in [0, 0.1) is 22.7 Å². The van der Waals surface area contributed by atoms with Crippen LogP contribution in [0.1, 0.15) is 31.2 Å². The number of hydrogen-bond acceptors (Lipinski definition) is 3. The molecule has 0 bridgehead atoms. The van der Waals surface area contributed by atoms with Crippen LogP contribution in [0.4, 0.5) is 0 Å². The second-order valence-electron chi connectivity index (χ2n) is 7.14. The summed E-state index contributed by atoms with van der Waals surface area (Å²) in [6.07, 6.45) is 7.04. The van der Waals surface area contributed by atoms with Crippen molar-refractivity contribution in [2.45, 2.75) is 37.8 Å². The summed E-state index contributed by atoms with van der Waals surface area (Å²) < 4.78 is 7.98. The van der Waals surface area contributed by atoms with Gasteiger partial charge in [-0.2, -0.15) is 5.26 Å². The molecule has 0 amide bonds. The van der Waals surface area contributed by atoms with Crippen molar-refractivity contribution < 1.29 is 4.74 Å². The number of benzene rings is 1. The van der Waals surface area contributed by atoms with Gasteiger partial charge in [0.1, 0.15) is 0 Å². The summed E-state index contributed by atoms with van der Waals surface area (Å²) in [5, 5.41) is 9.09. The maximum absolute atomic E-state index is 9.09. The topological polar surface area (TPSA) is 54.1 Å². The van der Waals surface area contributed by atoms with Crippen LogP contribution in [0.15, 0.2) is 24.5 Å². The minimum absolute atomic E-state index is 0.223. The monoisotopic (exact) mass is 279 g/mol. The lowest BCUT2D eigenvalue weighted by Crippen LogP contribution is -2.27. The maximum Gasteiger partial charge on any atom is 0.0992 e. The van der Waals surface area contributed by atoms with Crippen LogP contribution in [-0.2, 0) is 11.3 Å². The normalized spacial score (nSPS) is 36.4. The van der Waals surface area contributed by atoms with E-state index < -0.39 is 0 Å². The van der Waals surface area contributed by atoms with Crippen molar-refractivity contribution in [2.75, 3.05) is 6.61 Å². The lowest BCUT2D eigenvalue weighted by molar-refractivity contribution is 0.168. The molecule has 0 unspecified atom stereocenters. The molecular formula is C17H17N3O. The van der Waals surface area contributed by atoms with Gasteiger partial charge in [-0.05, 0) is 55.2 Å². The molecule has 2 saturated carbocycles. The highest BCUT2D eigenvalue weighted by Gasteiger charge is 2.64. The zero-order valence-corrected chi connectivity index (χ0v) is 11.9. The minimum Gasteiger partial charge on any atom is -0.370 e. The Labute approximate surface area is 123 Å². The van der Waals surface area contributed by atoms with E-state index in [0.717, 1.165) is 30.1 Å². The zero-order chi connectivity index (χ0) is 14.1. The molecule has 5 rings (SSSR count). The number of rotatable bonds is 2. The molecule has 2 heterocycles. The summed E-state index contributed by atoms with van der Waals surface area (Å²) in [5.74, 6) is 0.865. The molecule has 0 radical (unpaired) electrons. The second kappa shape index (κ2) is 3.66. The van der Waals surface area contributed by atoms with Crippen LogP contribution in [0.5, 0.6) is 0 Å². The van der Waals surface area contributed by atoms with Crippen LogP contribution in [-0.4, -0.2) is 21.8 Å². The van der Waals surface area contributed by atoms with Gasteiger partial charge in [0, 0.05) is 6.54 Å². The highest BCUT2D eigenvalue weighted by Crippen LogP contribution is 2.67. The summed E-state index contributed by atoms with van der Waals surface area (Å²) in [5.41, 5.74) is 3.42. The number of hydrogen-bond donors (Lipinski definition) is 0. The molecular weight excluding hydrogens is 262 g/mol. The van der Waals surface area contributed by atoms with E-state index in [1.54, 1.807) is 0 Å². The number of nitriles is 1. The highest BCUT2D eigenvalue weighted by molar-refractivity contribution is 5.77. The van der Waals surface area contributed by atoms with Gasteiger partial charge in [-0.3, -0.25) is 0 Å². The van der Waals surface area contributed by atoms with Gasteiger partial charge in [-0.1, -0.05) is 0 Å². The van der Waals surface area contributed by atoms with E-state index in [0.29, 0.717) is 11.0 Å². The van der Waals surface area contributed by atoms with Crippen LogP contribution in [0.25, 0.3) is 11.0 Å². The summed E-state index contributed by atoms with van der Waals surface area (Å²) >= 11 is 0. The van der Waals surface area contributed by atoms with Gasteiger partial charge in [-0.15, -0.1) is 0 Å². The van der Waals surface area contributed by atoms with Gasteiger partial charge in [0.15, 0.2) is 0 Å². The van der Waals surface area contributed by atoms with E-state index in [2.05, 4.69) is 15.6 Å². The molecule has 2 aromatic rings. The van der Waals surface area contributed by atoms with Crippen LogP contribution in [0.3, 0.4) is 0 Å². The Morgan fingerprint density at radius 1 is 1.48 bits per heavy atom. The second-order valence-corrected chi connectivity index (χ2v) is 7.14. The Hall–Kier alpha value is -1.86. The van der Waals surface area contributed by atoms with Crippen molar-refractivity contribution in [3.8, 4) is 6.07 Å². The molecule has 3 atom stereocenters. The number of fused-ring (bicyclic) bond motifs is 2. The largest absolute Gasteiger partial charge is 0.370 e. The summed E-state index contributed by atoms with van der Waals surface area (Å²) in [6.45, 7) is 1.99. The van der Waals surface area contributed by atoms with Crippen LogP contribution < -0.4 is 0 Å². The molecule has 0 N–H and O–H groups in total. The Balaban J connectivity index is 1.50. The SMILES string of the molecule is N#Cc1ccc2ncn(C[C@@]34C[C@@H]3CC[C@@]3(CO3)C4)c2c1. The molecule has 1 aromatic carbocycles. The van der Waals surface area contributed by atoms with Gasteiger partial charge in [0.25, 0.3) is 0 Å². The number of ether oxygens (including phenoxy) is 1. The van der Waals surface area contributed by atoms with E-state index >= 15 is 0 Å². The summed E-state index contributed by atoms with van der Waals surface area (Å²) in [7, 11) is 0. The third-order valence-corrected chi connectivity index (χ3v) is 5.77. The Bertz CT molecular complexity index is 783. The smallest absolute Gasteiger partial charge is 0.0992 e. The maximum atomic E-state index is 9.09. The molecule has 1 aromatic heterocycles. The molecule has 21 heavy (non-hydrogen) atoms. The summed E-state index contributed by atoms with van der Waals surface area (Å²) in [4.78, 5) is 4.48. The summed E-state index contributed by atoms with van der Waals surface area (Å²) in [6, 6.07) is 7.96. The molecule has 1 aliphatic heterocycles. The van der Waals surface area contributed by atoms with Crippen molar-refractivity contribution in [3.05, 3.63) is 30.1 Å². The minimum atomic E-state index is 0.223. The molecule has 1 saturated heterocycles. The predicted octanol–water partition coefficient (Wildman–Crippen LogP) is 2.87. The fraction of sp³-hybridized carbons (Fsp3) is 0.529. The molecule has 1 spiro atoms. The first-order chi connectivity index (χ1) is 10.2. The first-order valence-electron chi connectivity index (χ1n) is 7.71. The number of aromatic nitrogens is 2. The zero-order valence-electron chi connectivity index (χ0n) is 11.9. The Kier molecular flexibility index (Phi) is 2.05. The average molecular weight is 279 g/mol. The van der Waals surface area contributed by atoms with Crippen molar-refractivity contribution in [1.82, 2.24) is 9.55 Å². The van der Waals surface area contributed by atoms with Crippen molar-refractivity contribution >= 4 is 11.0 Å². The standard InChI is InChI=1S/C17H17N3O/c18-7-12-1-2-14-15(5-12)20(11-19-14)9-16-6-13(16)3-4-17(8-16)10-21-17/h1-2,5,11,13H,3-4,6,8-10H2/t13-,16-,17-/m0/s1. The van der Waals surface area contributed by atoms with Gasteiger partial charge in [0.2, 0.25) is 0 Å². The number of nitrogens with zero attached hydrogens (tertiary/aromatic N) is 3. The van der Waals surface area contributed by atoms with Crippen LogP contribution in [0.2, 0.25) is 0 Å². The van der Waals surface area contributed by atoms with Gasteiger partial charge in [0.05, 0.1) is 41.2 Å². The lowest BCUT2D eigenvalue weighted by Gasteiger charge is -2.27. The first kappa shape index (κ1) is 11.8. The van der Waals surface area contributed by atoms with E-state index in [4.69, 9.17) is 10.00 Å². The van der Waals surface area contributed by atoms with Crippen molar-refractivity contribution in [3.63, 3.8) is 0 Å². The van der Waals surface area contributed by atoms with E-state index in [-0.39, 0.29) is 5.60 Å².